The largest absolute Gasteiger partial charge is 0.379 e. The van der Waals surface area contributed by atoms with Crippen LogP contribution in [0.1, 0.15) is 17.5 Å². The first-order valence-electron chi connectivity index (χ1n) is 7.93. The third-order valence-corrected chi connectivity index (χ3v) is 5.84. The summed E-state index contributed by atoms with van der Waals surface area (Å²) in [5.74, 6) is 2.46. The van der Waals surface area contributed by atoms with E-state index in [9.17, 15) is 0 Å². The molecule has 2 aliphatic heterocycles. The van der Waals surface area contributed by atoms with Crippen molar-refractivity contribution >= 4 is 11.8 Å². The molecule has 1 atom stereocenters. The Morgan fingerprint density at radius 3 is 2.95 bits per heavy atom. The molecule has 0 aliphatic carbocycles. The predicted octanol–water partition coefficient (Wildman–Crippen LogP) is 1.86. The summed E-state index contributed by atoms with van der Waals surface area (Å²) in [5.41, 5.74) is 2.20. The first kappa shape index (κ1) is 15.8. The van der Waals surface area contributed by atoms with Crippen LogP contribution in [0.15, 0.2) is 24.3 Å². The Kier molecular flexibility index (Phi) is 5.37. The van der Waals surface area contributed by atoms with E-state index in [0.717, 1.165) is 45.0 Å². The number of hydrogen-bond donors (Lipinski definition) is 1. The molecule has 0 spiro atoms. The SMILES string of the molecule is N#Cc1cccc(CNCC2(N3CCOCC3)CCSC2)c1. The second kappa shape index (κ2) is 7.47. The number of benzene rings is 1. The summed E-state index contributed by atoms with van der Waals surface area (Å²) < 4.78 is 5.50. The minimum absolute atomic E-state index is 0.279. The fourth-order valence-corrected chi connectivity index (χ4v) is 4.80. The number of thioether (sulfide) groups is 1. The van der Waals surface area contributed by atoms with E-state index in [4.69, 9.17) is 10.00 Å². The van der Waals surface area contributed by atoms with Crippen molar-refractivity contribution in [3.05, 3.63) is 35.4 Å². The lowest BCUT2D eigenvalue weighted by atomic mass is 9.95. The number of nitriles is 1. The van der Waals surface area contributed by atoms with Crippen molar-refractivity contribution in [3.8, 4) is 6.07 Å². The number of nitrogens with zero attached hydrogens (tertiary/aromatic N) is 2. The van der Waals surface area contributed by atoms with E-state index in [-0.39, 0.29) is 5.54 Å². The van der Waals surface area contributed by atoms with E-state index in [1.165, 1.54) is 23.5 Å². The summed E-state index contributed by atoms with van der Waals surface area (Å²) in [7, 11) is 0. The van der Waals surface area contributed by atoms with E-state index in [1.54, 1.807) is 0 Å². The first-order valence-corrected chi connectivity index (χ1v) is 9.08. The maximum atomic E-state index is 8.98. The van der Waals surface area contributed by atoms with Crippen LogP contribution in [0.5, 0.6) is 0 Å². The zero-order valence-electron chi connectivity index (χ0n) is 12.9. The number of rotatable bonds is 5. The van der Waals surface area contributed by atoms with Gasteiger partial charge >= 0.3 is 0 Å². The molecule has 1 aromatic carbocycles. The van der Waals surface area contributed by atoms with Crippen molar-refractivity contribution in [3.63, 3.8) is 0 Å². The summed E-state index contributed by atoms with van der Waals surface area (Å²) in [5, 5.41) is 12.6. The molecule has 0 aromatic heterocycles. The predicted molar refractivity (Wildman–Crippen MR) is 89.9 cm³/mol. The average Bonchev–Trinajstić information content (AvgIpc) is 3.06. The van der Waals surface area contributed by atoms with Crippen molar-refractivity contribution in [1.82, 2.24) is 10.2 Å². The lowest BCUT2D eigenvalue weighted by Gasteiger charge is -2.43. The van der Waals surface area contributed by atoms with Crippen molar-refractivity contribution in [2.75, 3.05) is 44.4 Å². The number of hydrogen-bond acceptors (Lipinski definition) is 5. The molecule has 2 fully saturated rings. The van der Waals surface area contributed by atoms with Gasteiger partial charge in [0.25, 0.3) is 0 Å². The summed E-state index contributed by atoms with van der Waals surface area (Å²) in [6.45, 7) is 5.65. The standard InChI is InChI=1S/C17H23N3OS/c18-11-15-2-1-3-16(10-15)12-19-13-17(4-9-22-14-17)20-5-7-21-8-6-20/h1-3,10,19H,4-9,12-14H2. The third-order valence-electron chi connectivity index (χ3n) is 4.60. The molecular weight excluding hydrogens is 294 g/mol. The molecule has 0 saturated carbocycles. The highest BCUT2D eigenvalue weighted by Crippen LogP contribution is 2.33. The van der Waals surface area contributed by atoms with Gasteiger partial charge in [0.1, 0.15) is 0 Å². The monoisotopic (exact) mass is 317 g/mol. The van der Waals surface area contributed by atoms with Gasteiger partial charge in [0.15, 0.2) is 0 Å². The fourth-order valence-electron chi connectivity index (χ4n) is 3.33. The second-order valence-electron chi connectivity index (χ2n) is 6.04. The van der Waals surface area contributed by atoms with Crippen LogP contribution in [-0.4, -0.2) is 54.8 Å². The van der Waals surface area contributed by atoms with Gasteiger partial charge in [0.2, 0.25) is 0 Å². The van der Waals surface area contributed by atoms with E-state index in [0.29, 0.717) is 0 Å². The minimum atomic E-state index is 0.279. The molecular formula is C17H23N3OS. The molecule has 3 rings (SSSR count). The van der Waals surface area contributed by atoms with Crippen LogP contribution in [0.25, 0.3) is 0 Å². The molecule has 0 bridgehead atoms. The Hall–Kier alpha value is -1.06. The lowest BCUT2D eigenvalue weighted by Crippen LogP contribution is -2.58. The first-order chi connectivity index (χ1) is 10.8. The summed E-state index contributed by atoms with van der Waals surface area (Å²) in [6.07, 6.45) is 1.25. The normalized spacial score (nSPS) is 26.0. The molecule has 22 heavy (non-hydrogen) atoms. The zero-order chi connectivity index (χ0) is 15.3. The number of ether oxygens (including phenoxy) is 1. The molecule has 118 valence electrons. The van der Waals surface area contributed by atoms with E-state index < -0.39 is 0 Å². The van der Waals surface area contributed by atoms with Crippen molar-refractivity contribution < 1.29 is 4.74 Å². The van der Waals surface area contributed by atoms with Crippen LogP contribution in [-0.2, 0) is 11.3 Å². The van der Waals surface area contributed by atoms with Gasteiger partial charge < -0.3 is 10.1 Å². The number of morpholine rings is 1. The van der Waals surface area contributed by atoms with Gasteiger partial charge in [0.05, 0.1) is 24.8 Å². The molecule has 2 heterocycles. The fraction of sp³-hybridized carbons (Fsp3) is 0.588. The van der Waals surface area contributed by atoms with Gasteiger partial charge in [0, 0.05) is 37.5 Å². The highest BCUT2D eigenvalue weighted by Gasteiger charge is 2.40. The molecule has 5 heteroatoms. The maximum Gasteiger partial charge on any atom is 0.0991 e. The topological polar surface area (TPSA) is 48.3 Å². The van der Waals surface area contributed by atoms with Crippen molar-refractivity contribution in [1.29, 1.82) is 5.26 Å². The Bertz CT molecular complexity index is 531. The van der Waals surface area contributed by atoms with Gasteiger partial charge in [-0.2, -0.15) is 17.0 Å². The Morgan fingerprint density at radius 2 is 2.23 bits per heavy atom. The van der Waals surface area contributed by atoms with Gasteiger partial charge in [-0.15, -0.1) is 0 Å². The molecule has 1 aromatic rings. The van der Waals surface area contributed by atoms with Crippen LogP contribution < -0.4 is 5.32 Å². The maximum absolute atomic E-state index is 8.98. The average molecular weight is 317 g/mol. The molecule has 1 N–H and O–H groups in total. The molecule has 0 amide bonds. The Morgan fingerprint density at radius 1 is 1.36 bits per heavy atom. The van der Waals surface area contributed by atoms with E-state index in [1.807, 2.05) is 18.2 Å². The van der Waals surface area contributed by atoms with Crippen molar-refractivity contribution in [2.45, 2.75) is 18.5 Å². The summed E-state index contributed by atoms with van der Waals surface area (Å²) >= 11 is 2.06. The summed E-state index contributed by atoms with van der Waals surface area (Å²) in [6, 6.07) is 10.1. The number of nitrogens with one attached hydrogen (secondary N) is 1. The van der Waals surface area contributed by atoms with Crippen LogP contribution in [0, 0.1) is 11.3 Å². The lowest BCUT2D eigenvalue weighted by molar-refractivity contribution is -0.0134. The quantitative estimate of drug-likeness (QED) is 0.898. The Balaban J connectivity index is 1.58. The summed E-state index contributed by atoms with van der Waals surface area (Å²) in [4.78, 5) is 2.62. The van der Waals surface area contributed by atoms with Gasteiger partial charge in [-0.3, -0.25) is 4.90 Å². The molecule has 2 aliphatic rings. The highest BCUT2D eigenvalue weighted by atomic mass is 32.2. The molecule has 0 radical (unpaired) electrons. The van der Waals surface area contributed by atoms with E-state index >= 15 is 0 Å². The van der Waals surface area contributed by atoms with Gasteiger partial charge in [-0.25, -0.2) is 0 Å². The minimum Gasteiger partial charge on any atom is -0.379 e. The third kappa shape index (κ3) is 3.64. The van der Waals surface area contributed by atoms with Gasteiger partial charge in [-0.1, -0.05) is 12.1 Å². The molecule has 4 nitrogen and oxygen atoms in total. The molecule has 2 saturated heterocycles. The van der Waals surface area contributed by atoms with Crippen LogP contribution in [0.4, 0.5) is 0 Å². The second-order valence-corrected chi connectivity index (χ2v) is 7.15. The van der Waals surface area contributed by atoms with Crippen molar-refractivity contribution in [2.24, 2.45) is 0 Å². The molecule has 1 unspecified atom stereocenters. The van der Waals surface area contributed by atoms with Crippen LogP contribution >= 0.6 is 11.8 Å². The van der Waals surface area contributed by atoms with Crippen LogP contribution in [0.2, 0.25) is 0 Å². The van der Waals surface area contributed by atoms with Crippen LogP contribution in [0.3, 0.4) is 0 Å². The zero-order valence-corrected chi connectivity index (χ0v) is 13.7. The Labute approximate surface area is 136 Å². The smallest absolute Gasteiger partial charge is 0.0991 e. The van der Waals surface area contributed by atoms with E-state index in [2.05, 4.69) is 34.1 Å². The van der Waals surface area contributed by atoms with Gasteiger partial charge in [-0.05, 0) is 29.9 Å². The highest BCUT2D eigenvalue weighted by molar-refractivity contribution is 7.99.